The molecule has 2 N–H and O–H groups in total. The number of carbonyl (C=O) groups excluding carboxylic acids is 1. The van der Waals surface area contributed by atoms with Gasteiger partial charge in [-0.25, -0.2) is 14.8 Å². The first-order valence-electron chi connectivity index (χ1n) is 4.71. The Labute approximate surface area is 87.0 Å². The van der Waals surface area contributed by atoms with Gasteiger partial charge < -0.3 is 10.5 Å². The Balaban J connectivity index is 2.07. The molecule has 0 saturated heterocycles. The number of hydrogen-bond acceptors (Lipinski definition) is 4. The van der Waals surface area contributed by atoms with Gasteiger partial charge in [-0.1, -0.05) is 6.08 Å². The lowest BCUT2D eigenvalue weighted by molar-refractivity contribution is 0.209. The van der Waals surface area contributed by atoms with Gasteiger partial charge in [-0.2, -0.15) is 0 Å². The summed E-state index contributed by atoms with van der Waals surface area (Å²) in [4.78, 5) is 18.2. The van der Waals surface area contributed by atoms with E-state index >= 15 is 0 Å². The molecule has 1 aromatic heterocycles. The van der Waals surface area contributed by atoms with Gasteiger partial charge >= 0.3 is 6.09 Å². The Kier molecular flexibility index (Phi) is 2.62. The third kappa shape index (κ3) is 3.05. The van der Waals surface area contributed by atoms with E-state index in [0.29, 0.717) is 11.6 Å². The van der Waals surface area contributed by atoms with E-state index in [2.05, 4.69) is 20.8 Å². The smallest absolute Gasteiger partial charge is 0.391 e. The van der Waals surface area contributed by atoms with Crippen LogP contribution in [0.2, 0.25) is 0 Å². The lowest BCUT2D eigenvalue weighted by Crippen LogP contribution is -2.17. The third-order valence-electron chi connectivity index (χ3n) is 2.03. The van der Waals surface area contributed by atoms with Crippen LogP contribution in [0.5, 0.6) is 5.88 Å². The van der Waals surface area contributed by atoms with E-state index in [1.807, 2.05) is 6.08 Å². The van der Waals surface area contributed by atoms with Crippen molar-refractivity contribution in [1.82, 2.24) is 9.97 Å². The Hall–Kier alpha value is -1.91. The number of aromatic nitrogens is 2. The molecule has 0 unspecified atom stereocenters. The number of hydrogen-bond donors (Lipinski definition) is 1. The average molecular weight is 205 g/mol. The summed E-state index contributed by atoms with van der Waals surface area (Å²) in [5.74, 6) is 0.855. The summed E-state index contributed by atoms with van der Waals surface area (Å²) in [5.41, 5.74) is 5.58. The number of nitrogens with zero attached hydrogens (tertiary/aromatic N) is 2. The van der Waals surface area contributed by atoms with Gasteiger partial charge in [-0.15, -0.1) is 0 Å². The number of nitrogens with two attached hydrogens (primary N) is 1. The van der Waals surface area contributed by atoms with E-state index < -0.39 is 6.09 Å². The minimum atomic E-state index is -0.870. The molecule has 1 amide bonds. The standard InChI is InChI=1S/C10H11N3O2/c11-10(14)15-9-5-8(12-6-13-9)4-3-7-1-2-7/h3-7H,1-2H2,(H2,11,14)/b4-3+. The summed E-state index contributed by atoms with van der Waals surface area (Å²) < 4.78 is 4.63. The second kappa shape index (κ2) is 4.08. The molecular weight excluding hydrogens is 194 g/mol. The van der Waals surface area contributed by atoms with Gasteiger partial charge in [-0.3, -0.25) is 0 Å². The van der Waals surface area contributed by atoms with Crippen molar-refractivity contribution in [3.8, 4) is 5.88 Å². The normalized spacial score (nSPS) is 15.5. The molecule has 78 valence electrons. The fourth-order valence-electron chi connectivity index (χ4n) is 1.13. The monoisotopic (exact) mass is 205 g/mol. The maximum atomic E-state index is 10.5. The SMILES string of the molecule is NC(=O)Oc1cc(/C=C/C2CC2)ncn1. The van der Waals surface area contributed by atoms with Gasteiger partial charge in [0.2, 0.25) is 5.88 Å². The van der Waals surface area contributed by atoms with Crippen LogP contribution in [-0.2, 0) is 0 Å². The average Bonchev–Trinajstić information content (AvgIpc) is 2.97. The highest BCUT2D eigenvalue weighted by molar-refractivity contribution is 5.67. The quantitative estimate of drug-likeness (QED) is 0.808. The Bertz CT molecular complexity index is 399. The van der Waals surface area contributed by atoms with E-state index in [9.17, 15) is 4.79 Å². The first-order chi connectivity index (χ1) is 7.24. The molecule has 1 aliphatic carbocycles. The number of ether oxygens (including phenoxy) is 1. The molecule has 5 nitrogen and oxygen atoms in total. The van der Waals surface area contributed by atoms with Crippen LogP contribution in [0.4, 0.5) is 4.79 Å². The second-order valence-electron chi connectivity index (χ2n) is 3.40. The zero-order valence-corrected chi connectivity index (χ0v) is 8.09. The van der Waals surface area contributed by atoms with Crippen LogP contribution in [0, 0.1) is 5.92 Å². The predicted octanol–water partition coefficient (Wildman–Crippen LogP) is 1.36. The molecule has 0 radical (unpaired) electrons. The molecule has 1 saturated carbocycles. The Morgan fingerprint density at radius 2 is 2.33 bits per heavy atom. The summed E-state index contributed by atoms with van der Waals surface area (Å²) in [6.45, 7) is 0. The maximum Gasteiger partial charge on any atom is 0.411 e. The molecule has 0 spiro atoms. The van der Waals surface area contributed by atoms with Crippen LogP contribution in [0.15, 0.2) is 18.5 Å². The molecule has 1 heterocycles. The molecule has 1 aliphatic rings. The largest absolute Gasteiger partial charge is 0.411 e. The van der Waals surface area contributed by atoms with Crippen molar-refractivity contribution in [1.29, 1.82) is 0 Å². The van der Waals surface area contributed by atoms with Gasteiger partial charge in [0.1, 0.15) is 6.33 Å². The van der Waals surface area contributed by atoms with Gasteiger partial charge in [-0.05, 0) is 24.8 Å². The van der Waals surface area contributed by atoms with Crippen LogP contribution in [0.1, 0.15) is 18.5 Å². The Morgan fingerprint density at radius 1 is 1.53 bits per heavy atom. The van der Waals surface area contributed by atoms with E-state index in [1.165, 1.54) is 19.2 Å². The maximum absolute atomic E-state index is 10.5. The number of primary amides is 1. The highest BCUT2D eigenvalue weighted by Crippen LogP contribution is 2.30. The number of allylic oxidation sites excluding steroid dienone is 1. The molecular formula is C10H11N3O2. The minimum absolute atomic E-state index is 0.174. The minimum Gasteiger partial charge on any atom is -0.391 e. The second-order valence-corrected chi connectivity index (χ2v) is 3.40. The molecule has 5 heteroatoms. The zero-order chi connectivity index (χ0) is 10.7. The summed E-state index contributed by atoms with van der Waals surface area (Å²) in [6.07, 6.45) is 6.94. The molecule has 0 atom stereocenters. The number of rotatable bonds is 3. The van der Waals surface area contributed by atoms with Crippen molar-refractivity contribution in [2.24, 2.45) is 11.7 Å². The van der Waals surface area contributed by atoms with Crippen molar-refractivity contribution in [2.75, 3.05) is 0 Å². The predicted molar refractivity (Wildman–Crippen MR) is 54.0 cm³/mol. The van der Waals surface area contributed by atoms with E-state index in [-0.39, 0.29) is 5.88 Å². The topological polar surface area (TPSA) is 78.1 Å². The van der Waals surface area contributed by atoms with E-state index in [1.54, 1.807) is 6.07 Å². The zero-order valence-electron chi connectivity index (χ0n) is 8.09. The lowest BCUT2D eigenvalue weighted by Gasteiger charge is -1.98. The highest BCUT2D eigenvalue weighted by atomic mass is 16.6. The van der Waals surface area contributed by atoms with E-state index in [0.717, 1.165) is 0 Å². The van der Waals surface area contributed by atoms with Crippen LogP contribution in [0.25, 0.3) is 6.08 Å². The highest BCUT2D eigenvalue weighted by Gasteiger charge is 2.17. The van der Waals surface area contributed by atoms with Crippen molar-refractivity contribution in [3.05, 3.63) is 24.2 Å². The summed E-state index contributed by atoms with van der Waals surface area (Å²) in [7, 11) is 0. The van der Waals surface area contributed by atoms with Crippen molar-refractivity contribution < 1.29 is 9.53 Å². The van der Waals surface area contributed by atoms with Crippen molar-refractivity contribution >= 4 is 12.2 Å². The number of amides is 1. The first-order valence-corrected chi connectivity index (χ1v) is 4.71. The van der Waals surface area contributed by atoms with Gasteiger partial charge in [0.05, 0.1) is 5.69 Å². The lowest BCUT2D eigenvalue weighted by atomic mass is 10.3. The summed E-state index contributed by atoms with van der Waals surface area (Å²) >= 11 is 0. The molecule has 1 fully saturated rings. The first kappa shape index (κ1) is 9.64. The fraction of sp³-hybridized carbons (Fsp3) is 0.300. The Morgan fingerprint density at radius 3 is 3.00 bits per heavy atom. The third-order valence-corrected chi connectivity index (χ3v) is 2.03. The van der Waals surface area contributed by atoms with Crippen LogP contribution in [0.3, 0.4) is 0 Å². The molecule has 0 aromatic carbocycles. The summed E-state index contributed by atoms with van der Waals surface area (Å²) in [6, 6.07) is 1.57. The van der Waals surface area contributed by atoms with Gasteiger partial charge in [0, 0.05) is 6.07 Å². The summed E-state index contributed by atoms with van der Waals surface area (Å²) in [5, 5.41) is 0. The van der Waals surface area contributed by atoms with Crippen molar-refractivity contribution in [3.63, 3.8) is 0 Å². The van der Waals surface area contributed by atoms with Crippen LogP contribution in [-0.4, -0.2) is 16.1 Å². The molecule has 0 aliphatic heterocycles. The number of carbonyl (C=O) groups is 1. The molecule has 2 rings (SSSR count). The van der Waals surface area contributed by atoms with Gasteiger partial charge in [0.15, 0.2) is 0 Å². The molecule has 15 heavy (non-hydrogen) atoms. The molecule has 0 bridgehead atoms. The molecule has 1 aromatic rings. The van der Waals surface area contributed by atoms with Crippen LogP contribution >= 0.6 is 0 Å². The van der Waals surface area contributed by atoms with Gasteiger partial charge in [0.25, 0.3) is 0 Å². The van der Waals surface area contributed by atoms with Crippen LogP contribution < -0.4 is 10.5 Å². The van der Waals surface area contributed by atoms with Crippen molar-refractivity contribution in [2.45, 2.75) is 12.8 Å². The van der Waals surface area contributed by atoms with E-state index in [4.69, 9.17) is 5.73 Å². The fourth-order valence-corrected chi connectivity index (χ4v) is 1.13.